The van der Waals surface area contributed by atoms with E-state index in [-0.39, 0.29) is 5.54 Å². The van der Waals surface area contributed by atoms with E-state index < -0.39 is 0 Å². The maximum absolute atomic E-state index is 5.91. The summed E-state index contributed by atoms with van der Waals surface area (Å²) >= 11 is 0. The molecule has 0 unspecified atom stereocenters. The van der Waals surface area contributed by atoms with E-state index in [9.17, 15) is 0 Å². The van der Waals surface area contributed by atoms with Crippen LogP contribution in [0.4, 0.5) is 5.88 Å². The van der Waals surface area contributed by atoms with Crippen molar-refractivity contribution in [2.24, 2.45) is 5.73 Å². The van der Waals surface area contributed by atoms with E-state index in [1.807, 2.05) is 40.0 Å². The van der Waals surface area contributed by atoms with E-state index in [1.165, 1.54) is 0 Å². The van der Waals surface area contributed by atoms with Gasteiger partial charge >= 0.3 is 0 Å². The number of nitrogens with zero attached hydrogens (tertiary/aromatic N) is 1. The molecule has 1 aromatic rings. The van der Waals surface area contributed by atoms with Gasteiger partial charge in [0, 0.05) is 25.2 Å². The zero-order valence-electron chi connectivity index (χ0n) is 9.50. The molecule has 80 valence electrons. The maximum atomic E-state index is 5.91. The minimum atomic E-state index is -0.115. The lowest BCUT2D eigenvalue weighted by Gasteiger charge is -2.23. The van der Waals surface area contributed by atoms with Gasteiger partial charge in [-0.2, -0.15) is 0 Å². The first-order valence-electron chi connectivity index (χ1n) is 4.95. The molecule has 0 saturated carbocycles. The number of nitrogens with two attached hydrogens (primary N) is 1. The number of furan rings is 1. The molecule has 0 bridgehead atoms. The van der Waals surface area contributed by atoms with Gasteiger partial charge in [0.1, 0.15) is 5.76 Å². The molecule has 3 heteroatoms. The third kappa shape index (κ3) is 3.42. The summed E-state index contributed by atoms with van der Waals surface area (Å²) < 4.78 is 5.50. The van der Waals surface area contributed by atoms with Gasteiger partial charge in [0.05, 0.1) is 0 Å². The summed E-state index contributed by atoms with van der Waals surface area (Å²) in [6.45, 7) is 6.93. The topological polar surface area (TPSA) is 42.4 Å². The normalized spacial score (nSPS) is 11.8. The molecule has 0 fully saturated rings. The molecule has 0 atom stereocenters. The van der Waals surface area contributed by atoms with Crippen LogP contribution >= 0.6 is 0 Å². The zero-order valence-corrected chi connectivity index (χ0v) is 9.50. The van der Waals surface area contributed by atoms with Gasteiger partial charge in [-0.05, 0) is 33.3 Å². The first-order chi connectivity index (χ1) is 6.38. The Morgan fingerprint density at radius 1 is 1.43 bits per heavy atom. The van der Waals surface area contributed by atoms with E-state index >= 15 is 0 Å². The average molecular weight is 196 g/mol. The Kier molecular flexibility index (Phi) is 3.21. The molecule has 0 aliphatic heterocycles. The third-order valence-electron chi connectivity index (χ3n) is 2.19. The summed E-state index contributed by atoms with van der Waals surface area (Å²) in [5, 5.41) is 0. The number of aryl methyl sites for hydroxylation is 1. The summed E-state index contributed by atoms with van der Waals surface area (Å²) in [6, 6.07) is 3.96. The van der Waals surface area contributed by atoms with Gasteiger partial charge in [0.2, 0.25) is 0 Å². The predicted octanol–water partition coefficient (Wildman–Crippen LogP) is 2.15. The number of hydrogen-bond donors (Lipinski definition) is 1. The van der Waals surface area contributed by atoms with Crippen LogP contribution in [0.5, 0.6) is 0 Å². The smallest absolute Gasteiger partial charge is 0.195 e. The van der Waals surface area contributed by atoms with Crippen LogP contribution in [0.3, 0.4) is 0 Å². The summed E-state index contributed by atoms with van der Waals surface area (Å²) in [6.07, 6.45) is 0.948. The first kappa shape index (κ1) is 11.1. The lowest BCUT2D eigenvalue weighted by Crippen LogP contribution is -2.36. The fourth-order valence-electron chi connectivity index (χ4n) is 1.19. The molecular formula is C11H20N2O. The average Bonchev–Trinajstić information content (AvgIpc) is 2.46. The molecule has 2 N–H and O–H groups in total. The van der Waals surface area contributed by atoms with Crippen molar-refractivity contribution in [2.75, 3.05) is 18.5 Å². The Labute approximate surface area is 85.9 Å². The second-order valence-corrected chi connectivity index (χ2v) is 4.54. The summed E-state index contributed by atoms with van der Waals surface area (Å²) in [4.78, 5) is 2.08. The van der Waals surface area contributed by atoms with Crippen LogP contribution in [0.1, 0.15) is 26.0 Å². The highest BCUT2D eigenvalue weighted by Gasteiger charge is 2.13. The fraction of sp³-hybridized carbons (Fsp3) is 0.636. The molecule has 1 rings (SSSR count). The van der Waals surface area contributed by atoms with Gasteiger partial charge in [-0.3, -0.25) is 0 Å². The minimum absolute atomic E-state index is 0.115. The van der Waals surface area contributed by atoms with Gasteiger partial charge < -0.3 is 15.1 Å². The molecule has 0 saturated heterocycles. The molecule has 0 amide bonds. The number of hydrogen-bond acceptors (Lipinski definition) is 3. The second kappa shape index (κ2) is 4.05. The van der Waals surface area contributed by atoms with Crippen molar-refractivity contribution >= 4 is 5.88 Å². The Hall–Kier alpha value is -0.960. The van der Waals surface area contributed by atoms with Crippen molar-refractivity contribution in [3.8, 4) is 0 Å². The lowest BCUT2D eigenvalue weighted by molar-refractivity contribution is 0.464. The van der Waals surface area contributed by atoms with Crippen LogP contribution in [-0.4, -0.2) is 19.1 Å². The van der Waals surface area contributed by atoms with Crippen LogP contribution in [0.2, 0.25) is 0 Å². The van der Waals surface area contributed by atoms with Gasteiger partial charge in [0.25, 0.3) is 0 Å². The van der Waals surface area contributed by atoms with Gasteiger partial charge in [-0.25, -0.2) is 0 Å². The van der Waals surface area contributed by atoms with Gasteiger partial charge in [-0.15, -0.1) is 0 Å². The first-order valence-corrected chi connectivity index (χ1v) is 4.95. The van der Waals surface area contributed by atoms with Gasteiger partial charge in [-0.1, -0.05) is 0 Å². The minimum Gasteiger partial charge on any atom is -0.446 e. The van der Waals surface area contributed by atoms with Crippen LogP contribution < -0.4 is 10.6 Å². The van der Waals surface area contributed by atoms with Crippen LogP contribution in [0.15, 0.2) is 16.5 Å². The summed E-state index contributed by atoms with van der Waals surface area (Å²) in [5.41, 5.74) is 5.79. The molecule has 0 aliphatic carbocycles. The van der Waals surface area contributed by atoms with Crippen LogP contribution in [0, 0.1) is 6.92 Å². The second-order valence-electron chi connectivity index (χ2n) is 4.54. The van der Waals surface area contributed by atoms with Crippen molar-refractivity contribution in [2.45, 2.75) is 32.7 Å². The molecule has 0 spiro atoms. The van der Waals surface area contributed by atoms with E-state index in [1.54, 1.807) is 0 Å². The predicted molar refractivity (Wildman–Crippen MR) is 59.6 cm³/mol. The molecule has 14 heavy (non-hydrogen) atoms. The Morgan fingerprint density at radius 3 is 2.50 bits per heavy atom. The highest BCUT2D eigenvalue weighted by Crippen LogP contribution is 2.17. The van der Waals surface area contributed by atoms with Gasteiger partial charge in [0.15, 0.2) is 5.88 Å². The monoisotopic (exact) mass is 196 g/mol. The highest BCUT2D eigenvalue weighted by molar-refractivity contribution is 5.34. The zero-order chi connectivity index (χ0) is 10.8. The number of anilines is 1. The van der Waals surface area contributed by atoms with Crippen molar-refractivity contribution in [3.63, 3.8) is 0 Å². The van der Waals surface area contributed by atoms with Crippen molar-refractivity contribution < 1.29 is 4.42 Å². The molecular weight excluding hydrogens is 176 g/mol. The quantitative estimate of drug-likeness (QED) is 0.802. The molecule has 3 nitrogen and oxygen atoms in total. The number of rotatable bonds is 4. The Balaban J connectivity index is 2.47. The standard InChI is InChI=1S/C11H20N2O/c1-9-5-6-10(14-9)13(4)8-7-11(2,3)12/h5-6H,7-8,12H2,1-4H3. The third-order valence-corrected chi connectivity index (χ3v) is 2.19. The van der Waals surface area contributed by atoms with Crippen molar-refractivity contribution in [1.29, 1.82) is 0 Å². The van der Waals surface area contributed by atoms with Crippen LogP contribution in [-0.2, 0) is 0 Å². The summed E-state index contributed by atoms with van der Waals surface area (Å²) in [5.74, 6) is 1.85. The summed E-state index contributed by atoms with van der Waals surface area (Å²) in [7, 11) is 2.02. The molecule has 0 radical (unpaired) electrons. The molecule has 1 aromatic heterocycles. The van der Waals surface area contributed by atoms with Crippen molar-refractivity contribution in [1.82, 2.24) is 0 Å². The van der Waals surface area contributed by atoms with E-state index in [4.69, 9.17) is 10.2 Å². The SMILES string of the molecule is Cc1ccc(N(C)CCC(C)(C)N)o1. The largest absolute Gasteiger partial charge is 0.446 e. The van der Waals surface area contributed by atoms with Crippen LogP contribution in [0.25, 0.3) is 0 Å². The van der Waals surface area contributed by atoms with E-state index in [0.717, 1.165) is 24.6 Å². The molecule has 1 heterocycles. The molecule has 0 aliphatic rings. The highest BCUT2D eigenvalue weighted by atomic mass is 16.4. The van der Waals surface area contributed by atoms with Crippen molar-refractivity contribution in [3.05, 3.63) is 17.9 Å². The van der Waals surface area contributed by atoms with E-state index in [2.05, 4.69) is 4.90 Å². The van der Waals surface area contributed by atoms with E-state index in [0.29, 0.717) is 0 Å². The lowest BCUT2D eigenvalue weighted by atomic mass is 10.0. The molecule has 0 aromatic carbocycles. The maximum Gasteiger partial charge on any atom is 0.195 e. The Morgan fingerprint density at radius 2 is 2.07 bits per heavy atom. The Bertz CT molecular complexity index is 286. The fourth-order valence-corrected chi connectivity index (χ4v) is 1.19.